The molecule has 0 fully saturated rings. The molecule has 9 nitrogen and oxygen atoms in total. The Morgan fingerprint density at radius 2 is 1.83 bits per heavy atom. The molecule has 1 rings (SSSR count). The Morgan fingerprint density at radius 1 is 1.13 bits per heavy atom. The van der Waals surface area contributed by atoms with Crippen molar-refractivity contribution < 1.29 is 24.1 Å². The van der Waals surface area contributed by atoms with E-state index >= 15 is 0 Å². The summed E-state index contributed by atoms with van der Waals surface area (Å²) >= 11 is 0. The van der Waals surface area contributed by atoms with Gasteiger partial charge in [-0.05, 0) is 45.4 Å². The van der Waals surface area contributed by atoms with E-state index < -0.39 is 11.7 Å². The van der Waals surface area contributed by atoms with Gasteiger partial charge in [-0.2, -0.15) is 0 Å². The van der Waals surface area contributed by atoms with E-state index in [1.807, 2.05) is 39.8 Å². The zero-order chi connectivity index (χ0) is 21.7. The van der Waals surface area contributed by atoms with Gasteiger partial charge in [0.1, 0.15) is 12.2 Å². The first-order valence-electron chi connectivity index (χ1n) is 9.68. The summed E-state index contributed by atoms with van der Waals surface area (Å²) in [6.07, 6.45) is -0.447. The second kappa shape index (κ2) is 14.9. The maximum atomic E-state index is 11.7. The minimum atomic E-state index is -0.520. The zero-order valence-electron chi connectivity index (χ0n) is 18.4. The molecule has 0 heterocycles. The summed E-state index contributed by atoms with van der Waals surface area (Å²) < 4.78 is 16.0. The number of methoxy groups -OCH3 is 1. The Balaban J connectivity index is 0.00000841. The first kappa shape index (κ1) is 28.1. The first-order chi connectivity index (χ1) is 13.8. The number of aliphatic imine (C=N–C) groups is 1. The number of rotatable bonds is 10. The third-order valence-corrected chi connectivity index (χ3v) is 3.43. The standard InChI is InChI=1S/C20H34N4O5.HI/c1-6-21-18(22-9-10-23-19(26)29-20(2,3)4)24-14-15-7-8-16(28-12-11-25)17(13-15)27-5;/h7-8,13,25H,6,9-12,14H2,1-5H3,(H,23,26)(H2,21,22,24);1H. The van der Waals surface area contributed by atoms with Gasteiger partial charge in [-0.3, -0.25) is 0 Å². The van der Waals surface area contributed by atoms with Crippen molar-refractivity contribution >= 4 is 36.0 Å². The summed E-state index contributed by atoms with van der Waals surface area (Å²) in [5.41, 5.74) is 0.426. The van der Waals surface area contributed by atoms with Crippen LogP contribution < -0.4 is 25.4 Å². The molecule has 0 saturated heterocycles. The number of aliphatic hydroxyl groups is 1. The lowest BCUT2D eigenvalue weighted by molar-refractivity contribution is 0.0529. The van der Waals surface area contributed by atoms with Crippen molar-refractivity contribution in [2.24, 2.45) is 4.99 Å². The Kier molecular flexibility index (Phi) is 14.0. The molecule has 30 heavy (non-hydrogen) atoms. The van der Waals surface area contributed by atoms with Gasteiger partial charge in [-0.1, -0.05) is 6.07 Å². The molecule has 0 spiro atoms. The van der Waals surface area contributed by atoms with E-state index in [-0.39, 0.29) is 37.2 Å². The number of ether oxygens (including phenoxy) is 3. The number of carbonyl (C=O) groups is 1. The van der Waals surface area contributed by atoms with Gasteiger partial charge in [-0.15, -0.1) is 24.0 Å². The number of halogens is 1. The molecule has 1 aromatic carbocycles. The van der Waals surface area contributed by atoms with Gasteiger partial charge in [0.05, 0.1) is 20.3 Å². The minimum Gasteiger partial charge on any atom is -0.493 e. The summed E-state index contributed by atoms with van der Waals surface area (Å²) in [5.74, 6) is 1.80. The van der Waals surface area contributed by atoms with E-state index in [2.05, 4.69) is 20.9 Å². The van der Waals surface area contributed by atoms with Crippen molar-refractivity contribution in [3.8, 4) is 11.5 Å². The number of hydrogen-bond donors (Lipinski definition) is 4. The summed E-state index contributed by atoms with van der Waals surface area (Å²) in [7, 11) is 1.57. The third kappa shape index (κ3) is 11.9. The maximum Gasteiger partial charge on any atom is 0.407 e. The second-order valence-electron chi connectivity index (χ2n) is 7.11. The number of nitrogens with zero attached hydrogens (tertiary/aromatic N) is 1. The molecule has 10 heteroatoms. The summed E-state index contributed by atoms with van der Waals surface area (Å²) in [5, 5.41) is 17.9. The molecule has 172 valence electrons. The molecule has 0 aromatic heterocycles. The van der Waals surface area contributed by atoms with E-state index in [0.29, 0.717) is 43.6 Å². The number of aliphatic hydroxyl groups excluding tert-OH is 1. The lowest BCUT2D eigenvalue weighted by Gasteiger charge is -2.20. The van der Waals surface area contributed by atoms with E-state index in [0.717, 1.165) is 5.56 Å². The number of guanidine groups is 1. The van der Waals surface area contributed by atoms with Gasteiger partial charge in [0.15, 0.2) is 17.5 Å². The number of alkyl carbamates (subject to hydrolysis) is 1. The molecule has 0 aliphatic heterocycles. The van der Waals surface area contributed by atoms with Crippen molar-refractivity contribution in [2.75, 3.05) is 40.0 Å². The normalized spacial score (nSPS) is 11.2. The fraction of sp³-hybridized carbons (Fsp3) is 0.600. The van der Waals surface area contributed by atoms with Crippen LogP contribution in [0.3, 0.4) is 0 Å². The first-order valence-corrected chi connectivity index (χ1v) is 9.68. The number of nitrogens with one attached hydrogen (secondary N) is 3. The quantitative estimate of drug-likeness (QED) is 0.157. The SMILES string of the molecule is CCNC(=NCc1ccc(OCCO)c(OC)c1)NCCNC(=O)OC(C)(C)C.I. The van der Waals surface area contributed by atoms with Crippen LogP contribution in [0.2, 0.25) is 0 Å². The molecule has 1 amide bonds. The van der Waals surface area contributed by atoms with E-state index in [1.165, 1.54) is 0 Å². The number of benzene rings is 1. The number of hydrogen-bond acceptors (Lipinski definition) is 6. The molecule has 0 bridgehead atoms. The predicted molar refractivity (Wildman–Crippen MR) is 128 cm³/mol. The fourth-order valence-electron chi connectivity index (χ4n) is 2.26. The van der Waals surface area contributed by atoms with Crippen LogP contribution in [0.15, 0.2) is 23.2 Å². The van der Waals surface area contributed by atoms with Crippen LogP contribution >= 0.6 is 24.0 Å². The Labute approximate surface area is 196 Å². The number of carbonyl (C=O) groups excluding carboxylic acids is 1. The smallest absolute Gasteiger partial charge is 0.407 e. The maximum absolute atomic E-state index is 11.7. The average Bonchev–Trinajstić information content (AvgIpc) is 2.66. The molecule has 1 aromatic rings. The Hall–Kier alpha value is -1.95. The van der Waals surface area contributed by atoms with Gasteiger partial charge < -0.3 is 35.3 Å². The number of amides is 1. The van der Waals surface area contributed by atoms with E-state index in [4.69, 9.17) is 19.3 Å². The highest BCUT2D eigenvalue weighted by atomic mass is 127. The third-order valence-electron chi connectivity index (χ3n) is 3.43. The minimum absolute atomic E-state index is 0. The molecule has 0 atom stereocenters. The lowest BCUT2D eigenvalue weighted by Crippen LogP contribution is -2.42. The summed E-state index contributed by atoms with van der Waals surface area (Å²) in [6, 6.07) is 5.54. The molecule has 0 saturated carbocycles. The highest BCUT2D eigenvalue weighted by Crippen LogP contribution is 2.28. The lowest BCUT2D eigenvalue weighted by atomic mass is 10.2. The average molecular weight is 538 g/mol. The van der Waals surface area contributed by atoms with Gasteiger partial charge in [0.2, 0.25) is 0 Å². The van der Waals surface area contributed by atoms with Crippen molar-refractivity contribution in [2.45, 2.75) is 39.8 Å². The molecule has 4 N–H and O–H groups in total. The zero-order valence-corrected chi connectivity index (χ0v) is 20.7. The fourth-order valence-corrected chi connectivity index (χ4v) is 2.26. The van der Waals surface area contributed by atoms with Gasteiger partial charge in [0, 0.05) is 19.6 Å². The molecule has 0 radical (unpaired) electrons. The molecule has 0 unspecified atom stereocenters. The van der Waals surface area contributed by atoms with E-state index in [9.17, 15) is 4.79 Å². The highest BCUT2D eigenvalue weighted by molar-refractivity contribution is 14.0. The molecule has 0 aliphatic carbocycles. The molecular weight excluding hydrogens is 503 g/mol. The van der Waals surface area contributed by atoms with Crippen LogP contribution in [0.4, 0.5) is 4.79 Å². The van der Waals surface area contributed by atoms with Crippen molar-refractivity contribution in [3.05, 3.63) is 23.8 Å². The van der Waals surface area contributed by atoms with Crippen LogP contribution in [-0.4, -0.2) is 62.7 Å². The van der Waals surface area contributed by atoms with Crippen molar-refractivity contribution in [1.29, 1.82) is 0 Å². The van der Waals surface area contributed by atoms with Crippen molar-refractivity contribution in [3.63, 3.8) is 0 Å². The summed E-state index contributed by atoms with van der Waals surface area (Å²) in [6.45, 7) is 9.64. The molecular formula is C20H35IN4O5. The van der Waals surface area contributed by atoms with Crippen LogP contribution in [0.1, 0.15) is 33.3 Å². The topological polar surface area (TPSA) is 113 Å². The molecule has 0 aliphatic rings. The largest absolute Gasteiger partial charge is 0.493 e. The van der Waals surface area contributed by atoms with Crippen LogP contribution in [-0.2, 0) is 11.3 Å². The second-order valence-corrected chi connectivity index (χ2v) is 7.11. The van der Waals surface area contributed by atoms with Gasteiger partial charge in [0.25, 0.3) is 0 Å². The predicted octanol–water partition coefficient (Wildman–Crippen LogP) is 2.26. The van der Waals surface area contributed by atoms with Gasteiger partial charge in [-0.25, -0.2) is 9.79 Å². The Morgan fingerprint density at radius 3 is 2.43 bits per heavy atom. The van der Waals surface area contributed by atoms with Crippen molar-refractivity contribution in [1.82, 2.24) is 16.0 Å². The van der Waals surface area contributed by atoms with Crippen LogP contribution in [0, 0.1) is 0 Å². The Bertz CT molecular complexity index is 665. The highest BCUT2D eigenvalue weighted by Gasteiger charge is 2.15. The van der Waals surface area contributed by atoms with Crippen LogP contribution in [0.25, 0.3) is 0 Å². The van der Waals surface area contributed by atoms with Gasteiger partial charge >= 0.3 is 6.09 Å². The van der Waals surface area contributed by atoms with E-state index in [1.54, 1.807) is 13.2 Å². The summed E-state index contributed by atoms with van der Waals surface area (Å²) in [4.78, 5) is 16.2. The monoisotopic (exact) mass is 538 g/mol. The van der Waals surface area contributed by atoms with Crippen LogP contribution in [0.5, 0.6) is 11.5 Å².